The smallest absolute Gasteiger partial charge is 0.410 e. The molecule has 1 saturated heterocycles. The summed E-state index contributed by atoms with van der Waals surface area (Å²) >= 11 is 0. The van der Waals surface area contributed by atoms with Crippen LogP contribution in [0.15, 0.2) is 24.3 Å². The van der Waals surface area contributed by atoms with Crippen LogP contribution in [0.3, 0.4) is 0 Å². The van der Waals surface area contributed by atoms with Crippen molar-refractivity contribution in [2.45, 2.75) is 32.4 Å². The first-order valence-corrected chi connectivity index (χ1v) is 6.23. The van der Waals surface area contributed by atoms with Gasteiger partial charge in [-0.25, -0.2) is 4.79 Å². The standard InChI is InChI=1S/C14H19NO3/c1-10-8-9-15(14(16)18-10)11(2)12-4-6-13(17-3)7-5-12/h4-7,10-11H,8-9H2,1-3H3/t10?,11-/m0/s1. The van der Waals surface area contributed by atoms with Gasteiger partial charge in [0.2, 0.25) is 0 Å². The molecule has 18 heavy (non-hydrogen) atoms. The third kappa shape index (κ3) is 2.58. The van der Waals surface area contributed by atoms with Gasteiger partial charge in [0.25, 0.3) is 0 Å². The van der Waals surface area contributed by atoms with Crippen molar-refractivity contribution in [1.29, 1.82) is 0 Å². The highest BCUT2D eigenvalue weighted by Crippen LogP contribution is 2.26. The highest BCUT2D eigenvalue weighted by atomic mass is 16.6. The Morgan fingerprint density at radius 3 is 2.61 bits per heavy atom. The van der Waals surface area contributed by atoms with Crippen molar-refractivity contribution in [3.63, 3.8) is 0 Å². The number of cyclic esters (lactones) is 1. The molecule has 0 aliphatic carbocycles. The number of ether oxygens (including phenoxy) is 2. The van der Waals surface area contributed by atoms with Crippen molar-refractivity contribution in [3.05, 3.63) is 29.8 Å². The third-order valence-electron chi connectivity index (χ3n) is 3.38. The minimum absolute atomic E-state index is 0.0240. The summed E-state index contributed by atoms with van der Waals surface area (Å²) in [6.07, 6.45) is 0.681. The first-order chi connectivity index (χ1) is 8.61. The summed E-state index contributed by atoms with van der Waals surface area (Å²) in [6.45, 7) is 4.68. The van der Waals surface area contributed by atoms with E-state index < -0.39 is 0 Å². The topological polar surface area (TPSA) is 38.8 Å². The van der Waals surface area contributed by atoms with Crippen molar-refractivity contribution in [2.75, 3.05) is 13.7 Å². The Bertz CT molecular complexity index is 416. The summed E-state index contributed by atoms with van der Waals surface area (Å²) in [5, 5.41) is 0. The van der Waals surface area contributed by atoms with Crippen molar-refractivity contribution < 1.29 is 14.3 Å². The maximum Gasteiger partial charge on any atom is 0.410 e. The van der Waals surface area contributed by atoms with Crippen LogP contribution in [-0.2, 0) is 4.74 Å². The van der Waals surface area contributed by atoms with Gasteiger partial charge < -0.3 is 14.4 Å². The van der Waals surface area contributed by atoms with Crippen molar-refractivity contribution in [3.8, 4) is 5.75 Å². The molecule has 1 unspecified atom stereocenters. The lowest BCUT2D eigenvalue weighted by molar-refractivity contribution is 0.0209. The SMILES string of the molecule is COc1ccc([C@H](C)N2CCC(C)OC2=O)cc1. The molecule has 0 spiro atoms. The first-order valence-electron chi connectivity index (χ1n) is 6.23. The lowest BCUT2D eigenvalue weighted by Gasteiger charge is -2.34. The highest BCUT2D eigenvalue weighted by molar-refractivity contribution is 5.69. The molecular formula is C14H19NO3. The van der Waals surface area contributed by atoms with Gasteiger partial charge in [-0.1, -0.05) is 12.1 Å². The Balaban J connectivity index is 2.10. The summed E-state index contributed by atoms with van der Waals surface area (Å²) in [5.74, 6) is 0.820. The molecule has 0 aromatic heterocycles. The van der Waals surface area contributed by atoms with E-state index in [9.17, 15) is 4.79 Å². The number of benzene rings is 1. The summed E-state index contributed by atoms with van der Waals surface area (Å²) in [6, 6.07) is 7.80. The Morgan fingerprint density at radius 2 is 2.06 bits per heavy atom. The third-order valence-corrected chi connectivity index (χ3v) is 3.38. The van der Waals surface area contributed by atoms with Crippen LogP contribution in [0.2, 0.25) is 0 Å². The van der Waals surface area contributed by atoms with E-state index >= 15 is 0 Å². The van der Waals surface area contributed by atoms with Crippen LogP contribution in [0.25, 0.3) is 0 Å². The number of rotatable bonds is 3. The van der Waals surface area contributed by atoms with Gasteiger partial charge in [0.05, 0.1) is 13.2 Å². The van der Waals surface area contributed by atoms with E-state index in [1.165, 1.54) is 0 Å². The van der Waals surface area contributed by atoms with E-state index in [-0.39, 0.29) is 18.2 Å². The Labute approximate surface area is 107 Å². The molecule has 0 saturated carbocycles. The second-order valence-electron chi connectivity index (χ2n) is 4.63. The number of nitrogens with zero attached hydrogens (tertiary/aromatic N) is 1. The van der Waals surface area contributed by atoms with Gasteiger partial charge in [0.1, 0.15) is 11.9 Å². The maximum atomic E-state index is 11.8. The van der Waals surface area contributed by atoms with E-state index in [4.69, 9.17) is 9.47 Å². The zero-order chi connectivity index (χ0) is 13.1. The Morgan fingerprint density at radius 1 is 1.39 bits per heavy atom. The molecule has 1 aromatic rings. The average Bonchev–Trinajstić information content (AvgIpc) is 2.38. The zero-order valence-corrected chi connectivity index (χ0v) is 11.1. The lowest BCUT2D eigenvalue weighted by Crippen LogP contribution is -2.42. The Hall–Kier alpha value is -1.71. The van der Waals surface area contributed by atoms with Gasteiger partial charge in [0.15, 0.2) is 0 Å². The molecular weight excluding hydrogens is 230 g/mol. The molecule has 1 aliphatic rings. The lowest BCUT2D eigenvalue weighted by atomic mass is 10.1. The van der Waals surface area contributed by atoms with Gasteiger partial charge in [-0.05, 0) is 31.5 Å². The van der Waals surface area contributed by atoms with Crippen molar-refractivity contribution >= 4 is 6.09 Å². The molecule has 4 nitrogen and oxygen atoms in total. The predicted molar refractivity (Wildman–Crippen MR) is 68.7 cm³/mol. The Kier molecular flexibility index (Phi) is 3.75. The number of methoxy groups -OCH3 is 1. The molecule has 2 atom stereocenters. The summed E-state index contributed by atoms with van der Waals surface area (Å²) < 4.78 is 10.4. The molecule has 0 bridgehead atoms. The fourth-order valence-electron chi connectivity index (χ4n) is 2.13. The fourth-order valence-corrected chi connectivity index (χ4v) is 2.13. The number of carbonyl (C=O) groups excluding carboxylic acids is 1. The molecule has 2 rings (SSSR count). The molecule has 1 amide bonds. The molecule has 0 N–H and O–H groups in total. The second kappa shape index (κ2) is 5.29. The van der Waals surface area contributed by atoms with Gasteiger partial charge in [-0.15, -0.1) is 0 Å². The molecule has 0 radical (unpaired) electrons. The van der Waals surface area contributed by atoms with E-state index in [2.05, 4.69) is 0 Å². The number of carbonyl (C=O) groups is 1. The second-order valence-corrected chi connectivity index (χ2v) is 4.63. The van der Waals surface area contributed by atoms with Crippen LogP contribution in [0.1, 0.15) is 31.9 Å². The van der Waals surface area contributed by atoms with Crippen LogP contribution < -0.4 is 4.74 Å². The number of amides is 1. The minimum atomic E-state index is -0.225. The normalized spacial score (nSPS) is 21.4. The van der Waals surface area contributed by atoms with Crippen LogP contribution in [0.4, 0.5) is 4.79 Å². The van der Waals surface area contributed by atoms with Crippen LogP contribution >= 0.6 is 0 Å². The largest absolute Gasteiger partial charge is 0.497 e. The molecule has 98 valence electrons. The van der Waals surface area contributed by atoms with Gasteiger partial charge >= 0.3 is 6.09 Å². The van der Waals surface area contributed by atoms with Crippen LogP contribution in [0, 0.1) is 0 Å². The van der Waals surface area contributed by atoms with Crippen molar-refractivity contribution in [2.24, 2.45) is 0 Å². The predicted octanol–water partition coefficient (Wildman–Crippen LogP) is 2.99. The summed E-state index contributed by atoms with van der Waals surface area (Å²) in [5.41, 5.74) is 1.09. The average molecular weight is 249 g/mol. The monoisotopic (exact) mass is 249 g/mol. The molecule has 1 aromatic carbocycles. The molecule has 1 fully saturated rings. The summed E-state index contributed by atoms with van der Waals surface area (Å²) in [4.78, 5) is 13.6. The van der Waals surface area contributed by atoms with E-state index in [0.717, 1.165) is 24.3 Å². The molecule has 4 heteroatoms. The van der Waals surface area contributed by atoms with E-state index in [1.54, 1.807) is 12.0 Å². The quantitative estimate of drug-likeness (QED) is 0.826. The van der Waals surface area contributed by atoms with Gasteiger partial charge in [0, 0.05) is 13.0 Å². The molecule has 1 aliphatic heterocycles. The van der Waals surface area contributed by atoms with E-state index in [1.807, 2.05) is 38.1 Å². The summed E-state index contributed by atoms with van der Waals surface area (Å²) in [7, 11) is 1.64. The number of hydrogen-bond acceptors (Lipinski definition) is 3. The minimum Gasteiger partial charge on any atom is -0.497 e. The number of hydrogen-bond donors (Lipinski definition) is 0. The van der Waals surface area contributed by atoms with Crippen LogP contribution in [-0.4, -0.2) is 30.8 Å². The highest BCUT2D eigenvalue weighted by Gasteiger charge is 2.28. The van der Waals surface area contributed by atoms with E-state index in [0.29, 0.717) is 0 Å². The maximum absolute atomic E-state index is 11.8. The first kappa shape index (κ1) is 12.7. The van der Waals surface area contributed by atoms with Crippen LogP contribution in [0.5, 0.6) is 5.75 Å². The van der Waals surface area contributed by atoms with Crippen molar-refractivity contribution in [1.82, 2.24) is 4.90 Å². The fraction of sp³-hybridized carbons (Fsp3) is 0.500. The van der Waals surface area contributed by atoms with Gasteiger partial charge in [-0.3, -0.25) is 0 Å². The van der Waals surface area contributed by atoms with Gasteiger partial charge in [-0.2, -0.15) is 0 Å². The molecule has 1 heterocycles. The zero-order valence-electron chi connectivity index (χ0n) is 11.1.